The van der Waals surface area contributed by atoms with Crippen LogP contribution >= 0.6 is 0 Å². The Bertz CT molecular complexity index is 996. The standard InChI is InChI=1S/C24H27N3O4/c1-18(2)15-23(20-7-9-21(10-8-20)27-12-4-11-25-27)26-31-14-13-30-22-6-3-5-19(16-22)17-24(28)29/h3-12,16,18H,13-15,17H2,1-2H3,(H,28,29). The lowest BCUT2D eigenvalue weighted by Gasteiger charge is -2.11. The second kappa shape index (κ2) is 11.0. The number of hydrogen-bond donors (Lipinski definition) is 1. The molecule has 31 heavy (non-hydrogen) atoms. The molecule has 1 heterocycles. The van der Waals surface area contributed by atoms with Crippen LogP contribution in [-0.2, 0) is 16.1 Å². The number of carbonyl (C=O) groups is 1. The van der Waals surface area contributed by atoms with Gasteiger partial charge in [0.25, 0.3) is 0 Å². The number of aliphatic carboxylic acids is 1. The predicted octanol–water partition coefficient (Wildman–Crippen LogP) is 4.35. The highest BCUT2D eigenvalue weighted by atomic mass is 16.6. The summed E-state index contributed by atoms with van der Waals surface area (Å²) in [5.74, 6) is 0.175. The molecular weight excluding hydrogens is 394 g/mol. The van der Waals surface area contributed by atoms with Gasteiger partial charge in [-0.3, -0.25) is 4.79 Å². The maximum atomic E-state index is 10.8. The normalized spacial score (nSPS) is 11.5. The maximum absolute atomic E-state index is 10.8. The van der Waals surface area contributed by atoms with Crippen LogP contribution in [0.2, 0.25) is 0 Å². The topological polar surface area (TPSA) is 85.9 Å². The summed E-state index contributed by atoms with van der Waals surface area (Å²) in [6.45, 7) is 4.88. The Kier molecular flexibility index (Phi) is 7.81. The molecule has 1 aromatic heterocycles. The molecule has 0 aliphatic rings. The van der Waals surface area contributed by atoms with Gasteiger partial charge in [0, 0.05) is 12.4 Å². The third-order valence-corrected chi connectivity index (χ3v) is 4.44. The Labute approximate surface area is 181 Å². The number of oxime groups is 1. The number of hydrogen-bond acceptors (Lipinski definition) is 5. The molecule has 2 aromatic carbocycles. The third kappa shape index (κ3) is 6.99. The molecule has 0 saturated carbocycles. The Morgan fingerprint density at radius 2 is 1.94 bits per heavy atom. The first-order valence-corrected chi connectivity index (χ1v) is 10.2. The van der Waals surface area contributed by atoms with E-state index in [2.05, 4.69) is 24.1 Å². The van der Waals surface area contributed by atoms with Crippen LogP contribution in [0, 0.1) is 5.92 Å². The maximum Gasteiger partial charge on any atom is 0.307 e. The molecule has 162 valence electrons. The molecule has 0 radical (unpaired) electrons. The van der Waals surface area contributed by atoms with Crippen LogP contribution in [0.4, 0.5) is 0 Å². The van der Waals surface area contributed by atoms with Gasteiger partial charge < -0.3 is 14.7 Å². The lowest BCUT2D eigenvalue weighted by atomic mass is 10.0. The van der Waals surface area contributed by atoms with Gasteiger partial charge in [-0.2, -0.15) is 5.10 Å². The molecule has 0 bridgehead atoms. The van der Waals surface area contributed by atoms with Crippen LogP contribution in [0.5, 0.6) is 5.75 Å². The molecule has 7 heteroatoms. The Morgan fingerprint density at radius 1 is 1.13 bits per heavy atom. The SMILES string of the molecule is CC(C)CC(=NOCCOc1cccc(CC(=O)O)c1)c1ccc(-n2cccn2)cc1. The number of carboxylic acids is 1. The Hall–Kier alpha value is -3.61. The van der Waals surface area contributed by atoms with Gasteiger partial charge in [0.1, 0.15) is 12.4 Å². The molecule has 1 N–H and O–H groups in total. The van der Waals surface area contributed by atoms with Gasteiger partial charge in [-0.25, -0.2) is 4.68 Å². The van der Waals surface area contributed by atoms with Crippen LogP contribution in [0.1, 0.15) is 31.4 Å². The van der Waals surface area contributed by atoms with E-state index in [-0.39, 0.29) is 13.0 Å². The summed E-state index contributed by atoms with van der Waals surface area (Å²) in [5, 5.41) is 17.5. The lowest BCUT2D eigenvalue weighted by molar-refractivity contribution is -0.136. The first-order valence-electron chi connectivity index (χ1n) is 10.2. The van der Waals surface area contributed by atoms with Gasteiger partial charge in [0.2, 0.25) is 0 Å². The van der Waals surface area contributed by atoms with E-state index in [1.54, 1.807) is 30.5 Å². The second-order valence-electron chi connectivity index (χ2n) is 7.53. The van der Waals surface area contributed by atoms with Crippen molar-refractivity contribution >= 4 is 11.7 Å². The minimum atomic E-state index is -0.870. The highest BCUT2D eigenvalue weighted by Gasteiger charge is 2.09. The average molecular weight is 421 g/mol. The molecule has 0 fully saturated rings. The number of rotatable bonds is 11. The smallest absolute Gasteiger partial charge is 0.307 e. The zero-order valence-electron chi connectivity index (χ0n) is 17.8. The van der Waals surface area contributed by atoms with Crippen molar-refractivity contribution < 1.29 is 19.5 Å². The molecule has 0 unspecified atom stereocenters. The van der Waals surface area contributed by atoms with Crippen molar-refractivity contribution in [2.45, 2.75) is 26.7 Å². The summed E-state index contributed by atoms with van der Waals surface area (Å²) in [6.07, 6.45) is 4.41. The minimum Gasteiger partial charge on any atom is -0.490 e. The largest absolute Gasteiger partial charge is 0.490 e. The third-order valence-electron chi connectivity index (χ3n) is 4.44. The number of aromatic nitrogens is 2. The number of benzene rings is 2. The van der Waals surface area contributed by atoms with Crippen molar-refractivity contribution in [3.63, 3.8) is 0 Å². The fraction of sp³-hybridized carbons (Fsp3) is 0.292. The summed E-state index contributed by atoms with van der Waals surface area (Å²) >= 11 is 0. The number of carboxylic acid groups (broad SMARTS) is 1. The Morgan fingerprint density at radius 3 is 2.61 bits per heavy atom. The van der Waals surface area contributed by atoms with Gasteiger partial charge in [-0.15, -0.1) is 0 Å². The fourth-order valence-corrected chi connectivity index (χ4v) is 3.06. The molecule has 7 nitrogen and oxygen atoms in total. The molecule has 0 aliphatic carbocycles. The van der Waals surface area contributed by atoms with Gasteiger partial charge in [0.05, 0.1) is 17.8 Å². The summed E-state index contributed by atoms with van der Waals surface area (Å²) < 4.78 is 7.46. The molecular formula is C24H27N3O4. The van der Waals surface area contributed by atoms with Gasteiger partial charge >= 0.3 is 5.97 Å². The van der Waals surface area contributed by atoms with Crippen molar-refractivity contribution in [2.75, 3.05) is 13.2 Å². The number of ether oxygens (including phenoxy) is 1. The van der Waals surface area contributed by atoms with Crippen molar-refractivity contribution in [3.8, 4) is 11.4 Å². The first kappa shape index (κ1) is 22.1. The van der Waals surface area contributed by atoms with Gasteiger partial charge in [-0.05, 0) is 53.8 Å². The molecule has 0 atom stereocenters. The highest BCUT2D eigenvalue weighted by Crippen LogP contribution is 2.15. The summed E-state index contributed by atoms with van der Waals surface area (Å²) in [4.78, 5) is 16.4. The monoisotopic (exact) mass is 421 g/mol. The summed E-state index contributed by atoms with van der Waals surface area (Å²) in [6, 6.07) is 17.0. The quantitative estimate of drug-likeness (QED) is 0.283. The van der Waals surface area contributed by atoms with E-state index < -0.39 is 5.97 Å². The van der Waals surface area contributed by atoms with Crippen molar-refractivity contribution in [2.24, 2.45) is 11.1 Å². The van der Waals surface area contributed by atoms with E-state index >= 15 is 0 Å². The first-order chi connectivity index (χ1) is 15.0. The van der Waals surface area contributed by atoms with Crippen LogP contribution in [0.3, 0.4) is 0 Å². The van der Waals surface area contributed by atoms with Gasteiger partial charge in [0.15, 0.2) is 6.61 Å². The summed E-state index contributed by atoms with van der Waals surface area (Å²) in [7, 11) is 0. The second-order valence-corrected chi connectivity index (χ2v) is 7.53. The van der Waals surface area contributed by atoms with Crippen molar-refractivity contribution in [3.05, 3.63) is 78.1 Å². The molecule has 3 rings (SSSR count). The van der Waals surface area contributed by atoms with Crippen molar-refractivity contribution in [1.29, 1.82) is 0 Å². The minimum absolute atomic E-state index is 0.0320. The molecule has 0 aliphatic heterocycles. The van der Waals surface area contributed by atoms with E-state index in [1.807, 2.05) is 41.2 Å². The van der Waals surface area contributed by atoms with E-state index in [0.717, 1.165) is 23.4 Å². The van der Waals surface area contributed by atoms with E-state index in [0.29, 0.717) is 23.8 Å². The molecule has 0 saturated heterocycles. The average Bonchev–Trinajstić information content (AvgIpc) is 3.27. The van der Waals surface area contributed by atoms with Crippen LogP contribution in [0.25, 0.3) is 5.69 Å². The highest BCUT2D eigenvalue weighted by molar-refractivity contribution is 6.00. The van der Waals surface area contributed by atoms with Crippen molar-refractivity contribution in [1.82, 2.24) is 9.78 Å². The van der Waals surface area contributed by atoms with E-state index in [4.69, 9.17) is 14.7 Å². The van der Waals surface area contributed by atoms with Crippen LogP contribution in [0.15, 0.2) is 72.1 Å². The number of nitrogens with zero attached hydrogens (tertiary/aromatic N) is 3. The van der Waals surface area contributed by atoms with E-state index in [9.17, 15) is 4.79 Å². The lowest BCUT2D eigenvalue weighted by Crippen LogP contribution is -2.09. The van der Waals surface area contributed by atoms with E-state index in [1.165, 1.54) is 0 Å². The van der Waals surface area contributed by atoms with Gasteiger partial charge in [-0.1, -0.05) is 43.3 Å². The van der Waals surface area contributed by atoms with Crippen LogP contribution in [-0.4, -0.2) is 39.8 Å². The van der Waals surface area contributed by atoms with Crippen LogP contribution < -0.4 is 4.74 Å². The fourth-order valence-electron chi connectivity index (χ4n) is 3.06. The molecule has 0 amide bonds. The zero-order valence-corrected chi connectivity index (χ0v) is 17.8. The molecule has 0 spiro atoms. The Balaban J connectivity index is 1.56. The summed E-state index contributed by atoms with van der Waals surface area (Å²) in [5.41, 5.74) is 3.57. The molecule has 3 aromatic rings. The zero-order chi connectivity index (χ0) is 22.1. The predicted molar refractivity (Wildman–Crippen MR) is 119 cm³/mol.